The van der Waals surface area contributed by atoms with Gasteiger partial charge in [0.05, 0.1) is 6.61 Å². The zero-order valence-corrected chi connectivity index (χ0v) is 12.3. The summed E-state index contributed by atoms with van der Waals surface area (Å²) in [5, 5.41) is 0. The Kier molecular flexibility index (Phi) is 6.71. The van der Waals surface area contributed by atoms with Crippen molar-refractivity contribution in [2.75, 3.05) is 26.9 Å². The minimum absolute atomic E-state index is 0.0988. The Hall–Kier alpha value is -1.53. The first-order valence-electron chi connectivity index (χ1n) is 6.83. The van der Waals surface area contributed by atoms with Gasteiger partial charge in [0.15, 0.2) is 0 Å². The SMILES string of the molecule is CCOC(=O)C(CN)(CCCOC)c1cc(F)cc(F)c1. The molecule has 0 spiro atoms. The molecule has 0 aliphatic heterocycles. The largest absolute Gasteiger partial charge is 0.465 e. The van der Waals surface area contributed by atoms with Crippen molar-refractivity contribution >= 4 is 5.97 Å². The highest BCUT2D eigenvalue weighted by molar-refractivity contribution is 5.83. The lowest BCUT2D eigenvalue weighted by atomic mass is 9.76. The number of hydrogen-bond acceptors (Lipinski definition) is 4. The number of esters is 1. The van der Waals surface area contributed by atoms with Gasteiger partial charge in [-0.25, -0.2) is 8.78 Å². The maximum absolute atomic E-state index is 13.5. The van der Waals surface area contributed by atoms with Crippen LogP contribution >= 0.6 is 0 Å². The quantitative estimate of drug-likeness (QED) is 0.590. The molecule has 0 amide bonds. The summed E-state index contributed by atoms with van der Waals surface area (Å²) in [6, 6.07) is 3.00. The van der Waals surface area contributed by atoms with Gasteiger partial charge in [-0.3, -0.25) is 4.79 Å². The Morgan fingerprint density at radius 3 is 2.38 bits per heavy atom. The fraction of sp³-hybridized carbons (Fsp3) is 0.533. The van der Waals surface area contributed by atoms with Gasteiger partial charge in [0.1, 0.15) is 17.0 Å². The molecule has 1 rings (SSSR count). The molecule has 0 heterocycles. The second-order valence-electron chi connectivity index (χ2n) is 4.76. The van der Waals surface area contributed by atoms with Crippen LogP contribution in [-0.4, -0.2) is 32.8 Å². The van der Waals surface area contributed by atoms with E-state index in [1.807, 2.05) is 0 Å². The molecule has 0 fully saturated rings. The lowest BCUT2D eigenvalue weighted by Crippen LogP contribution is -2.44. The number of rotatable bonds is 8. The number of methoxy groups -OCH3 is 1. The van der Waals surface area contributed by atoms with Crippen LogP contribution < -0.4 is 5.73 Å². The van der Waals surface area contributed by atoms with Crippen LogP contribution in [0.4, 0.5) is 8.78 Å². The molecule has 1 atom stereocenters. The van der Waals surface area contributed by atoms with Gasteiger partial charge < -0.3 is 15.2 Å². The average Bonchev–Trinajstić information content (AvgIpc) is 2.43. The van der Waals surface area contributed by atoms with Crippen LogP contribution in [0.5, 0.6) is 0 Å². The summed E-state index contributed by atoms with van der Waals surface area (Å²) in [6.45, 7) is 2.15. The van der Waals surface area contributed by atoms with Crippen molar-refractivity contribution in [2.24, 2.45) is 5.73 Å². The maximum Gasteiger partial charge on any atom is 0.317 e. The Labute approximate surface area is 123 Å². The van der Waals surface area contributed by atoms with Crippen molar-refractivity contribution in [3.8, 4) is 0 Å². The summed E-state index contributed by atoms with van der Waals surface area (Å²) >= 11 is 0. The molecular weight excluding hydrogens is 280 g/mol. The van der Waals surface area contributed by atoms with E-state index in [0.717, 1.165) is 18.2 Å². The predicted molar refractivity (Wildman–Crippen MR) is 74.8 cm³/mol. The van der Waals surface area contributed by atoms with Crippen molar-refractivity contribution in [1.82, 2.24) is 0 Å². The van der Waals surface area contributed by atoms with E-state index >= 15 is 0 Å². The van der Waals surface area contributed by atoms with E-state index in [1.54, 1.807) is 6.92 Å². The Morgan fingerprint density at radius 2 is 1.90 bits per heavy atom. The van der Waals surface area contributed by atoms with Gasteiger partial charge >= 0.3 is 5.97 Å². The van der Waals surface area contributed by atoms with E-state index in [9.17, 15) is 13.6 Å². The lowest BCUT2D eigenvalue weighted by Gasteiger charge is -2.30. The molecule has 1 aromatic carbocycles. The van der Waals surface area contributed by atoms with Crippen molar-refractivity contribution in [1.29, 1.82) is 0 Å². The Balaban J connectivity index is 3.22. The number of carbonyl (C=O) groups excluding carboxylic acids is 1. The van der Waals surface area contributed by atoms with Crippen LogP contribution in [-0.2, 0) is 19.7 Å². The highest BCUT2D eigenvalue weighted by atomic mass is 19.1. The molecule has 0 saturated carbocycles. The van der Waals surface area contributed by atoms with Gasteiger partial charge in [0.25, 0.3) is 0 Å². The molecule has 0 aliphatic carbocycles. The van der Waals surface area contributed by atoms with Crippen LogP contribution in [0.2, 0.25) is 0 Å². The third-order valence-corrected chi connectivity index (χ3v) is 3.38. The smallest absolute Gasteiger partial charge is 0.317 e. The van der Waals surface area contributed by atoms with E-state index in [4.69, 9.17) is 15.2 Å². The number of hydrogen-bond donors (Lipinski definition) is 1. The summed E-state index contributed by atoms with van der Waals surface area (Å²) in [6.07, 6.45) is 0.809. The summed E-state index contributed by atoms with van der Waals surface area (Å²) in [7, 11) is 1.54. The highest BCUT2D eigenvalue weighted by Gasteiger charge is 2.40. The topological polar surface area (TPSA) is 61.5 Å². The van der Waals surface area contributed by atoms with E-state index in [-0.39, 0.29) is 18.7 Å². The Morgan fingerprint density at radius 1 is 1.29 bits per heavy atom. The number of halogens is 2. The molecule has 1 aromatic rings. The van der Waals surface area contributed by atoms with Gasteiger partial charge in [-0.15, -0.1) is 0 Å². The summed E-state index contributed by atoms with van der Waals surface area (Å²) < 4.78 is 37.0. The molecule has 21 heavy (non-hydrogen) atoms. The molecule has 1 unspecified atom stereocenters. The molecule has 4 nitrogen and oxygen atoms in total. The van der Waals surface area contributed by atoms with Crippen LogP contribution in [0.15, 0.2) is 18.2 Å². The van der Waals surface area contributed by atoms with Gasteiger partial charge in [0.2, 0.25) is 0 Å². The van der Waals surface area contributed by atoms with E-state index in [2.05, 4.69) is 0 Å². The molecule has 0 aliphatic rings. The standard InChI is InChI=1S/C15H21F2NO3/c1-3-21-14(19)15(10-18,5-4-6-20-2)11-7-12(16)9-13(17)8-11/h7-9H,3-6,10,18H2,1-2H3. The van der Waals surface area contributed by atoms with Crippen molar-refractivity contribution < 1.29 is 23.0 Å². The first-order chi connectivity index (χ1) is 10.00. The van der Waals surface area contributed by atoms with E-state index in [1.165, 1.54) is 7.11 Å². The van der Waals surface area contributed by atoms with E-state index < -0.39 is 23.0 Å². The average molecular weight is 301 g/mol. The summed E-state index contributed by atoms with van der Waals surface area (Å²) in [5.41, 5.74) is 4.69. The predicted octanol–water partition coefficient (Wildman–Crippen LogP) is 2.15. The van der Waals surface area contributed by atoms with Crippen LogP contribution in [0.3, 0.4) is 0 Å². The fourth-order valence-electron chi connectivity index (χ4n) is 2.29. The number of nitrogens with two attached hydrogens (primary N) is 1. The van der Waals surface area contributed by atoms with Crippen LogP contribution in [0.1, 0.15) is 25.3 Å². The van der Waals surface area contributed by atoms with Gasteiger partial charge in [-0.2, -0.15) is 0 Å². The first-order valence-corrected chi connectivity index (χ1v) is 6.83. The van der Waals surface area contributed by atoms with E-state index in [0.29, 0.717) is 19.4 Å². The second-order valence-corrected chi connectivity index (χ2v) is 4.76. The molecule has 0 aromatic heterocycles. The molecule has 6 heteroatoms. The zero-order valence-electron chi connectivity index (χ0n) is 12.3. The van der Waals surface area contributed by atoms with Crippen molar-refractivity contribution in [3.05, 3.63) is 35.4 Å². The van der Waals surface area contributed by atoms with Crippen molar-refractivity contribution in [2.45, 2.75) is 25.2 Å². The fourth-order valence-corrected chi connectivity index (χ4v) is 2.29. The number of benzene rings is 1. The van der Waals surface area contributed by atoms with Crippen LogP contribution in [0.25, 0.3) is 0 Å². The molecule has 0 bridgehead atoms. The monoisotopic (exact) mass is 301 g/mol. The highest BCUT2D eigenvalue weighted by Crippen LogP contribution is 2.31. The molecule has 118 valence electrons. The van der Waals surface area contributed by atoms with Gasteiger partial charge in [-0.05, 0) is 37.5 Å². The zero-order chi connectivity index (χ0) is 15.9. The third-order valence-electron chi connectivity index (χ3n) is 3.38. The molecule has 0 saturated heterocycles. The first kappa shape index (κ1) is 17.5. The second kappa shape index (κ2) is 8.05. The summed E-state index contributed by atoms with van der Waals surface area (Å²) in [5.74, 6) is -2.08. The van der Waals surface area contributed by atoms with Crippen molar-refractivity contribution in [3.63, 3.8) is 0 Å². The maximum atomic E-state index is 13.5. The minimum Gasteiger partial charge on any atom is -0.465 e. The molecule has 0 radical (unpaired) electrons. The normalized spacial score (nSPS) is 13.8. The molecule has 2 N–H and O–H groups in total. The Bertz CT molecular complexity index is 462. The minimum atomic E-state index is -1.27. The van der Waals surface area contributed by atoms with Crippen LogP contribution in [0, 0.1) is 11.6 Å². The van der Waals surface area contributed by atoms with Gasteiger partial charge in [-0.1, -0.05) is 0 Å². The summed E-state index contributed by atoms with van der Waals surface area (Å²) in [4.78, 5) is 12.3. The number of ether oxygens (including phenoxy) is 2. The lowest BCUT2D eigenvalue weighted by molar-refractivity contribution is -0.150. The van der Waals surface area contributed by atoms with Gasteiger partial charge in [0, 0.05) is 26.3 Å². The molecular formula is C15H21F2NO3. The third kappa shape index (κ3) is 4.22. The number of carbonyl (C=O) groups is 1.